The fraction of sp³-hybridized carbons (Fsp3) is 0.474. The molecule has 8 heteroatoms. The summed E-state index contributed by atoms with van der Waals surface area (Å²) in [7, 11) is 2.20. The minimum absolute atomic E-state index is 0.332. The van der Waals surface area contributed by atoms with E-state index in [-0.39, 0.29) is 0 Å². The maximum atomic E-state index is 5.69. The van der Waals surface area contributed by atoms with E-state index < -0.39 is 0 Å². The first kappa shape index (κ1) is 18.1. The normalized spacial score (nSPS) is 16.5. The summed E-state index contributed by atoms with van der Waals surface area (Å²) in [4.78, 5) is 5.35. The number of hydrogen-bond donors (Lipinski definition) is 1. The van der Waals surface area contributed by atoms with E-state index in [0.29, 0.717) is 6.04 Å². The summed E-state index contributed by atoms with van der Waals surface area (Å²) >= 11 is 5.69. The molecule has 0 fully saturated rings. The number of hydrogen-bond acceptors (Lipinski definition) is 4. The molecule has 1 unspecified atom stereocenters. The third-order valence-electron chi connectivity index (χ3n) is 5.50. The van der Waals surface area contributed by atoms with Gasteiger partial charge in [0.2, 0.25) is 4.77 Å². The monoisotopic (exact) mass is 384 g/mol. The van der Waals surface area contributed by atoms with Gasteiger partial charge in [-0.3, -0.25) is 0 Å². The molecule has 1 aliphatic rings. The van der Waals surface area contributed by atoms with Gasteiger partial charge in [-0.05, 0) is 44.1 Å². The summed E-state index contributed by atoms with van der Waals surface area (Å²) < 4.78 is 6.86. The summed E-state index contributed by atoms with van der Waals surface area (Å²) in [6.07, 6.45) is 7.97. The van der Waals surface area contributed by atoms with Crippen molar-refractivity contribution in [1.29, 1.82) is 0 Å². The summed E-state index contributed by atoms with van der Waals surface area (Å²) in [5, 5.41) is 8.99. The first-order chi connectivity index (χ1) is 13.1. The largest absolute Gasteiger partial charge is 0.313 e. The van der Waals surface area contributed by atoms with Crippen molar-refractivity contribution < 1.29 is 4.90 Å². The van der Waals surface area contributed by atoms with Crippen LogP contribution < -0.4 is 4.90 Å². The summed E-state index contributed by atoms with van der Waals surface area (Å²) in [5.74, 6) is 1.15. The van der Waals surface area contributed by atoms with Gasteiger partial charge in [0.15, 0.2) is 6.67 Å². The van der Waals surface area contributed by atoms with Gasteiger partial charge in [-0.25, -0.2) is 9.67 Å². The summed E-state index contributed by atoms with van der Waals surface area (Å²) in [6.45, 7) is 4.02. The molecule has 0 bridgehead atoms. The van der Waals surface area contributed by atoms with E-state index in [1.807, 2.05) is 4.68 Å². The Morgan fingerprint density at radius 2 is 2.00 bits per heavy atom. The molecule has 7 nitrogen and oxygen atoms in total. The molecule has 1 aliphatic heterocycles. The van der Waals surface area contributed by atoms with Crippen molar-refractivity contribution in [2.24, 2.45) is 0 Å². The van der Waals surface area contributed by atoms with Crippen LogP contribution in [0.15, 0.2) is 36.9 Å². The zero-order chi connectivity index (χ0) is 18.8. The molecule has 27 heavy (non-hydrogen) atoms. The Labute approximate surface area is 164 Å². The predicted octanol–water partition coefficient (Wildman–Crippen LogP) is 1.95. The summed E-state index contributed by atoms with van der Waals surface area (Å²) in [6, 6.07) is 8.81. The number of fused-ring (bicyclic) bond motifs is 1. The van der Waals surface area contributed by atoms with Crippen molar-refractivity contribution in [3.63, 3.8) is 0 Å². The minimum Gasteiger partial charge on any atom is -0.313 e. The van der Waals surface area contributed by atoms with Gasteiger partial charge in [-0.1, -0.05) is 18.6 Å². The smallest absolute Gasteiger partial charge is 0.202 e. The number of rotatable bonds is 5. The number of aryl methyl sites for hydroxylation is 1. The molecule has 4 rings (SSSR count). The van der Waals surface area contributed by atoms with Crippen LogP contribution in [0.5, 0.6) is 0 Å². The van der Waals surface area contributed by atoms with Crippen LogP contribution in [0.25, 0.3) is 5.69 Å². The van der Waals surface area contributed by atoms with E-state index in [2.05, 4.69) is 52.9 Å². The Morgan fingerprint density at radius 1 is 1.19 bits per heavy atom. The average molecular weight is 385 g/mol. The van der Waals surface area contributed by atoms with Crippen molar-refractivity contribution in [3.05, 3.63) is 53.1 Å². The lowest BCUT2D eigenvalue weighted by atomic mass is 10.1. The van der Waals surface area contributed by atoms with E-state index in [9.17, 15) is 0 Å². The lowest BCUT2D eigenvalue weighted by Crippen LogP contribution is -3.08. The van der Waals surface area contributed by atoms with E-state index in [0.717, 1.165) is 35.9 Å². The molecular weight excluding hydrogens is 358 g/mol. The Bertz CT molecular complexity index is 940. The first-order valence-corrected chi connectivity index (χ1v) is 9.98. The van der Waals surface area contributed by atoms with Gasteiger partial charge >= 0.3 is 0 Å². The summed E-state index contributed by atoms with van der Waals surface area (Å²) in [5.41, 5.74) is 2.30. The highest BCUT2D eigenvalue weighted by Gasteiger charge is 2.19. The Balaban J connectivity index is 1.48. The zero-order valence-corrected chi connectivity index (χ0v) is 16.7. The van der Waals surface area contributed by atoms with E-state index >= 15 is 0 Å². The molecule has 142 valence electrons. The highest BCUT2D eigenvalue weighted by molar-refractivity contribution is 7.71. The number of quaternary nitrogens is 1. The van der Waals surface area contributed by atoms with Crippen LogP contribution >= 0.6 is 12.2 Å². The Morgan fingerprint density at radius 3 is 2.74 bits per heavy atom. The van der Waals surface area contributed by atoms with Crippen LogP contribution in [-0.4, -0.2) is 36.2 Å². The quantitative estimate of drug-likeness (QED) is 0.683. The van der Waals surface area contributed by atoms with E-state index in [1.165, 1.54) is 29.7 Å². The van der Waals surface area contributed by atoms with Crippen molar-refractivity contribution >= 4 is 12.2 Å². The zero-order valence-electron chi connectivity index (χ0n) is 15.9. The van der Waals surface area contributed by atoms with Crippen LogP contribution in [0.2, 0.25) is 0 Å². The van der Waals surface area contributed by atoms with Gasteiger partial charge in [0, 0.05) is 18.5 Å². The molecule has 0 amide bonds. The Hall–Kier alpha value is -2.32. The minimum atomic E-state index is 0.332. The van der Waals surface area contributed by atoms with Gasteiger partial charge in [0.05, 0.1) is 12.7 Å². The average Bonchev–Trinajstić information content (AvgIpc) is 3.25. The maximum absolute atomic E-state index is 5.69. The van der Waals surface area contributed by atoms with Gasteiger partial charge in [-0.2, -0.15) is 14.9 Å². The van der Waals surface area contributed by atoms with Crippen LogP contribution in [0.3, 0.4) is 0 Å². The van der Waals surface area contributed by atoms with Crippen molar-refractivity contribution in [2.75, 3.05) is 7.05 Å². The molecule has 2 aromatic heterocycles. The van der Waals surface area contributed by atoms with E-state index in [4.69, 9.17) is 17.3 Å². The molecule has 1 N–H and O–H groups in total. The van der Waals surface area contributed by atoms with E-state index in [1.54, 1.807) is 17.3 Å². The second kappa shape index (κ2) is 7.74. The van der Waals surface area contributed by atoms with Gasteiger partial charge in [-0.15, -0.1) is 0 Å². The molecule has 0 saturated heterocycles. The van der Waals surface area contributed by atoms with Crippen LogP contribution in [0.4, 0.5) is 0 Å². The van der Waals surface area contributed by atoms with Gasteiger partial charge < -0.3 is 9.47 Å². The molecule has 3 aromatic rings. The SMILES string of the molecule is C[C@@H](c1ccc(-n2cncn2)cc1)[NH+](C)Cn1nc2n(c1=S)CCCCC2. The standard InChI is InChI=1S/C19H25N7S/c1-15(16-7-9-17(10-8-16)25-13-20-12-21-25)23(2)14-26-19(27)24-11-5-3-4-6-18(24)22-26/h7-10,12-13,15H,3-6,11,14H2,1-2H3/p+1/t15-/m0/s1. The second-order valence-electron chi connectivity index (χ2n) is 7.32. The molecule has 0 spiro atoms. The van der Waals surface area contributed by atoms with Crippen molar-refractivity contribution in [3.8, 4) is 5.69 Å². The predicted molar refractivity (Wildman–Crippen MR) is 105 cm³/mol. The molecule has 1 aromatic carbocycles. The molecule has 2 atom stereocenters. The van der Waals surface area contributed by atoms with Crippen LogP contribution in [0.1, 0.15) is 43.6 Å². The number of nitrogens with one attached hydrogen (secondary N) is 1. The highest BCUT2D eigenvalue weighted by Crippen LogP contribution is 2.15. The fourth-order valence-electron chi connectivity index (χ4n) is 3.64. The molecule has 0 radical (unpaired) electrons. The first-order valence-electron chi connectivity index (χ1n) is 9.57. The molecular formula is C19H26N7S+. The third-order valence-corrected chi connectivity index (χ3v) is 5.93. The number of nitrogens with zero attached hydrogens (tertiary/aromatic N) is 6. The van der Waals surface area contributed by atoms with Crippen LogP contribution in [0, 0.1) is 4.77 Å². The van der Waals surface area contributed by atoms with Crippen LogP contribution in [-0.2, 0) is 19.6 Å². The number of benzene rings is 1. The molecule has 0 saturated carbocycles. The number of aromatic nitrogens is 6. The topological polar surface area (TPSA) is 57.9 Å². The molecule has 3 heterocycles. The Kier molecular flexibility index (Phi) is 5.18. The lowest BCUT2D eigenvalue weighted by molar-refractivity contribution is -0.933. The highest BCUT2D eigenvalue weighted by atomic mass is 32.1. The third kappa shape index (κ3) is 3.72. The lowest BCUT2D eigenvalue weighted by Gasteiger charge is -2.22. The van der Waals surface area contributed by atoms with Gasteiger partial charge in [0.25, 0.3) is 0 Å². The second-order valence-corrected chi connectivity index (χ2v) is 7.68. The maximum Gasteiger partial charge on any atom is 0.202 e. The fourth-order valence-corrected chi connectivity index (χ4v) is 3.95. The van der Waals surface area contributed by atoms with Crippen molar-refractivity contribution in [2.45, 2.75) is 51.9 Å². The van der Waals surface area contributed by atoms with Gasteiger partial charge in [0.1, 0.15) is 24.5 Å². The molecule has 0 aliphatic carbocycles. The van der Waals surface area contributed by atoms with Crippen molar-refractivity contribution in [1.82, 2.24) is 29.1 Å².